The van der Waals surface area contributed by atoms with Crippen LogP contribution in [0.15, 0.2) is 18.3 Å². The fourth-order valence-corrected chi connectivity index (χ4v) is 5.82. The fourth-order valence-electron chi connectivity index (χ4n) is 5.26. The van der Waals surface area contributed by atoms with Gasteiger partial charge in [0.2, 0.25) is 17.8 Å². The first kappa shape index (κ1) is 25.0. The Kier molecular flexibility index (Phi) is 7.18. The van der Waals surface area contributed by atoms with Crippen LogP contribution >= 0.6 is 23.2 Å². The zero-order valence-corrected chi connectivity index (χ0v) is 21.1. The van der Waals surface area contributed by atoms with Crippen LogP contribution in [0, 0.1) is 11.7 Å². The molecule has 9 nitrogen and oxygen atoms in total. The maximum absolute atomic E-state index is 13.8. The number of imidazole rings is 1. The number of aromatic nitrogens is 4. The second-order valence-electron chi connectivity index (χ2n) is 9.65. The summed E-state index contributed by atoms with van der Waals surface area (Å²) in [5.41, 5.74) is 7.06. The van der Waals surface area contributed by atoms with Gasteiger partial charge in [0.25, 0.3) is 0 Å². The fraction of sp³-hybridized carbons (Fsp3) is 0.500. The van der Waals surface area contributed by atoms with Crippen molar-refractivity contribution in [2.75, 3.05) is 10.6 Å². The van der Waals surface area contributed by atoms with Gasteiger partial charge in [-0.2, -0.15) is 4.98 Å². The normalized spacial score (nSPS) is 24.6. The maximum atomic E-state index is 13.8. The molecule has 2 aliphatic carbocycles. The van der Waals surface area contributed by atoms with E-state index in [0.717, 1.165) is 19.3 Å². The smallest absolute Gasteiger partial charge is 0.224 e. The van der Waals surface area contributed by atoms with Crippen LogP contribution in [0.3, 0.4) is 0 Å². The summed E-state index contributed by atoms with van der Waals surface area (Å²) in [6.07, 6.45) is 7.38. The van der Waals surface area contributed by atoms with Crippen LogP contribution < -0.4 is 16.4 Å². The predicted octanol–water partition coefficient (Wildman–Crippen LogP) is 4.95. The van der Waals surface area contributed by atoms with Crippen molar-refractivity contribution in [2.45, 2.75) is 69.6 Å². The maximum Gasteiger partial charge on any atom is 0.224 e. The summed E-state index contributed by atoms with van der Waals surface area (Å²) in [6, 6.07) is 2.44. The number of amides is 1. The minimum atomic E-state index is -0.539. The minimum Gasteiger partial charge on any atom is -0.393 e. The van der Waals surface area contributed by atoms with Crippen molar-refractivity contribution >= 4 is 57.9 Å². The van der Waals surface area contributed by atoms with Gasteiger partial charge in [0.05, 0.1) is 28.0 Å². The van der Waals surface area contributed by atoms with Crippen molar-refractivity contribution < 1.29 is 14.3 Å². The number of nitrogens with zero attached hydrogens (tertiary/aromatic N) is 4. The summed E-state index contributed by atoms with van der Waals surface area (Å²) in [7, 11) is 0. The number of benzene rings is 1. The largest absolute Gasteiger partial charge is 0.393 e. The van der Waals surface area contributed by atoms with Gasteiger partial charge in [-0.05, 0) is 63.5 Å². The van der Waals surface area contributed by atoms with E-state index in [1.165, 1.54) is 12.1 Å². The Morgan fingerprint density at radius 1 is 1.11 bits per heavy atom. The molecular weight excluding hydrogens is 508 g/mol. The molecule has 192 valence electrons. The Bertz CT molecular complexity index is 1260. The average Bonchev–Trinajstić information content (AvgIpc) is 3.18. The zero-order valence-electron chi connectivity index (χ0n) is 19.6. The molecule has 0 bridgehead atoms. The predicted molar refractivity (Wildman–Crippen MR) is 137 cm³/mol. The standard InChI is InChI=1S/C24H28Cl2FN7O2/c25-17-8-13(27)9-18(26)20(17)32-24-31-19-11-29-23(30-14-2-1-3-16(35)10-14)33-22(19)34(24)15-6-4-12(5-7-15)21(28)36/h8-9,11-12,14-16,35H,1-7,10H2,(H2,28,36)(H,31,32)(H,29,30,33)/t12-,14-,15+,16-/m1/s1. The second kappa shape index (κ2) is 10.4. The van der Waals surface area contributed by atoms with Gasteiger partial charge in [-0.15, -0.1) is 0 Å². The molecule has 2 heterocycles. The molecule has 2 atom stereocenters. The lowest BCUT2D eigenvalue weighted by Crippen LogP contribution is -2.30. The quantitative estimate of drug-likeness (QED) is 0.351. The van der Waals surface area contributed by atoms with Crippen LogP contribution in [0.2, 0.25) is 10.0 Å². The molecule has 12 heteroatoms. The number of hydrogen-bond donors (Lipinski definition) is 4. The first-order valence-corrected chi connectivity index (χ1v) is 12.9. The molecule has 5 N–H and O–H groups in total. The summed E-state index contributed by atoms with van der Waals surface area (Å²) < 4.78 is 15.7. The summed E-state index contributed by atoms with van der Waals surface area (Å²) in [4.78, 5) is 25.6. The summed E-state index contributed by atoms with van der Waals surface area (Å²) in [5, 5.41) is 16.8. The van der Waals surface area contributed by atoms with E-state index in [0.29, 0.717) is 60.9 Å². The Labute approximate surface area is 217 Å². The van der Waals surface area contributed by atoms with E-state index in [-0.39, 0.29) is 40.1 Å². The number of nitrogens with two attached hydrogens (primary N) is 1. The Morgan fingerprint density at radius 2 is 1.83 bits per heavy atom. The molecular formula is C24H28Cl2FN7O2. The third kappa shape index (κ3) is 5.21. The first-order valence-electron chi connectivity index (χ1n) is 12.2. The Balaban J connectivity index is 1.51. The monoisotopic (exact) mass is 535 g/mol. The lowest BCUT2D eigenvalue weighted by Gasteiger charge is -2.29. The van der Waals surface area contributed by atoms with E-state index in [2.05, 4.69) is 15.6 Å². The minimum absolute atomic E-state index is 0.00893. The highest BCUT2D eigenvalue weighted by Gasteiger charge is 2.30. The topological polar surface area (TPSA) is 131 Å². The van der Waals surface area contributed by atoms with Crippen molar-refractivity contribution in [1.29, 1.82) is 0 Å². The van der Waals surface area contributed by atoms with Gasteiger partial charge in [-0.1, -0.05) is 23.2 Å². The van der Waals surface area contributed by atoms with Gasteiger partial charge in [0, 0.05) is 18.0 Å². The van der Waals surface area contributed by atoms with Crippen molar-refractivity contribution in [1.82, 2.24) is 19.5 Å². The number of anilines is 3. The van der Waals surface area contributed by atoms with E-state index in [4.69, 9.17) is 38.9 Å². The molecule has 36 heavy (non-hydrogen) atoms. The van der Waals surface area contributed by atoms with E-state index in [9.17, 15) is 14.3 Å². The van der Waals surface area contributed by atoms with E-state index < -0.39 is 5.82 Å². The number of nitrogens with one attached hydrogen (secondary N) is 2. The molecule has 5 rings (SSSR count). The van der Waals surface area contributed by atoms with Crippen molar-refractivity contribution in [3.63, 3.8) is 0 Å². The number of carbonyl (C=O) groups is 1. The lowest BCUT2D eigenvalue weighted by atomic mass is 9.85. The van der Waals surface area contributed by atoms with Crippen LogP contribution in [0.4, 0.5) is 22.0 Å². The van der Waals surface area contributed by atoms with Gasteiger partial charge in [-0.25, -0.2) is 14.4 Å². The number of rotatable bonds is 6. The van der Waals surface area contributed by atoms with E-state index in [1.807, 2.05) is 4.57 Å². The zero-order chi connectivity index (χ0) is 25.4. The highest BCUT2D eigenvalue weighted by molar-refractivity contribution is 6.39. The third-order valence-corrected chi connectivity index (χ3v) is 7.72. The average molecular weight is 536 g/mol. The SMILES string of the molecule is NC(=O)[C@H]1CC[C@@H](n2c(Nc3c(Cl)cc(F)cc3Cl)nc3cnc(N[C@@H]4CCC[C@@H](O)C4)nc32)CC1. The molecule has 2 aliphatic rings. The molecule has 0 aliphatic heterocycles. The van der Waals surface area contributed by atoms with Crippen LogP contribution in [0.25, 0.3) is 11.2 Å². The lowest BCUT2D eigenvalue weighted by molar-refractivity contribution is -0.122. The molecule has 0 saturated heterocycles. The number of hydrogen-bond acceptors (Lipinski definition) is 7. The van der Waals surface area contributed by atoms with Crippen LogP contribution in [-0.2, 0) is 4.79 Å². The van der Waals surface area contributed by atoms with E-state index in [1.54, 1.807) is 6.20 Å². The number of aliphatic hydroxyl groups excluding tert-OH is 1. The van der Waals surface area contributed by atoms with Gasteiger partial charge >= 0.3 is 0 Å². The van der Waals surface area contributed by atoms with Gasteiger partial charge in [0.15, 0.2) is 5.65 Å². The van der Waals surface area contributed by atoms with Crippen molar-refractivity contribution in [3.8, 4) is 0 Å². The van der Waals surface area contributed by atoms with Crippen molar-refractivity contribution in [3.05, 3.63) is 34.2 Å². The summed E-state index contributed by atoms with van der Waals surface area (Å²) in [6.45, 7) is 0. The second-order valence-corrected chi connectivity index (χ2v) is 10.5. The molecule has 0 unspecified atom stereocenters. The summed E-state index contributed by atoms with van der Waals surface area (Å²) >= 11 is 12.6. The van der Waals surface area contributed by atoms with Crippen LogP contribution in [0.1, 0.15) is 57.4 Å². The van der Waals surface area contributed by atoms with E-state index >= 15 is 0 Å². The third-order valence-electron chi connectivity index (χ3n) is 7.12. The molecule has 2 fully saturated rings. The molecule has 1 aromatic carbocycles. The van der Waals surface area contributed by atoms with Gasteiger partial charge in [0.1, 0.15) is 11.3 Å². The Morgan fingerprint density at radius 3 is 2.50 bits per heavy atom. The molecule has 1 amide bonds. The highest BCUT2D eigenvalue weighted by atomic mass is 35.5. The first-order chi connectivity index (χ1) is 17.3. The summed E-state index contributed by atoms with van der Waals surface area (Å²) in [5.74, 6) is -0.0719. The number of halogens is 3. The van der Waals surface area contributed by atoms with Crippen LogP contribution in [-0.4, -0.2) is 42.7 Å². The molecule has 3 aromatic rings. The molecule has 0 radical (unpaired) electrons. The highest BCUT2D eigenvalue weighted by Crippen LogP contribution is 2.39. The van der Waals surface area contributed by atoms with Gasteiger partial charge < -0.3 is 21.5 Å². The van der Waals surface area contributed by atoms with Crippen molar-refractivity contribution in [2.24, 2.45) is 11.7 Å². The number of aliphatic hydroxyl groups is 1. The Hall–Kier alpha value is -2.69. The number of fused-ring (bicyclic) bond motifs is 1. The molecule has 2 aromatic heterocycles. The molecule has 0 spiro atoms. The van der Waals surface area contributed by atoms with Gasteiger partial charge in [-0.3, -0.25) is 9.36 Å². The number of primary amides is 1. The van der Waals surface area contributed by atoms with Crippen LogP contribution in [0.5, 0.6) is 0 Å². The molecule has 2 saturated carbocycles. The number of carbonyl (C=O) groups excluding carboxylic acids is 1.